The molecule has 0 aliphatic heterocycles. The molecule has 2 rings (SSSR count). The molecule has 30 heavy (non-hydrogen) atoms. The first kappa shape index (κ1) is 23.4. The Labute approximate surface area is 177 Å². The zero-order chi connectivity index (χ0) is 22.1. The number of amides is 1. The van der Waals surface area contributed by atoms with Gasteiger partial charge in [0.15, 0.2) is 15.1 Å². The molecule has 2 aromatic rings. The van der Waals surface area contributed by atoms with Crippen molar-refractivity contribution in [3.05, 3.63) is 66.2 Å². The molecule has 0 bridgehead atoms. The molecule has 2 atom stereocenters. The van der Waals surface area contributed by atoms with Gasteiger partial charge in [0.25, 0.3) is 0 Å². The number of alkyl carbamates (subject to hydrolysis) is 1. The normalized spacial score (nSPS) is 13.3. The van der Waals surface area contributed by atoms with Gasteiger partial charge in [-0.1, -0.05) is 62.4 Å². The molecule has 1 amide bonds. The fraction of sp³-hybridized carbons (Fsp3) is 0.364. The standard InChI is InChI=1S/C22H27NO6S/c1-16(2)14-19(23-22(25)29-15-17-10-6-4-7-11-17)20(21(24)28-3)30(26,27)18-12-8-5-9-13-18/h4-13,16,19-20H,14-15H2,1-3H3,(H,23,25)/t19-,20?/m0/s1. The van der Waals surface area contributed by atoms with Crippen molar-refractivity contribution in [1.82, 2.24) is 5.32 Å². The monoisotopic (exact) mass is 433 g/mol. The van der Waals surface area contributed by atoms with Crippen LogP contribution in [-0.4, -0.2) is 38.9 Å². The number of rotatable bonds is 9. The van der Waals surface area contributed by atoms with E-state index in [0.29, 0.717) is 0 Å². The second-order valence-electron chi connectivity index (χ2n) is 7.24. The van der Waals surface area contributed by atoms with Crippen molar-refractivity contribution in [2.75, 3.05) is 7.11 Å². The van der Waals surface area contributed by atoms with Gasteiger partial charge in [-0.2, -0.15) is 0 Å². The molecule has 2 aromatic carbocycles. The number of carbonyl (C=O) groups excluding carboxylic acids is 2. The summed E-state index contributed by atoms with van der Waals surface area (Å²) in [4.78, 5) is 24.9. The summed E-state index contributed by atoms with van der Waals surface area (Å²) in [6, 6.07) is 15.7. The van der Waals surface area contributed by atoms with Gasteiger partial charge in [0.1, 0.15) is 6.61 Å². The fourth-order valence-electron chi connectivity index (χ4n) is 3.06. The smallest absolute Gasteiger partial charge is 0.407 e. The van der Waals surface area contributed by atoms with Crippen LogP contribution >= 0.6 is 0 Å². The van der Waals surface area contributed by atoms with Crippen molar-refractivity contribution in [2.45, 2.75) is 43.1 Å². The Bertz CT molecular complexity index is 929. The van der Waals surface area contributed by atoms with Crippen LogP contribution in [0.1, 0.15) is 25.8 Å². The molecule has 1 unspecified atom stereocenters. The molecule has 0 aliphatic carbocycles. The quantitative estimate of drug-likeness (QED) is 0.609. The van der Waals surface area contributed by atoms with Crippen LogP contribution in [0, 0.1) is 5.92 Å². The summed E-state index contributed by atoms with van der Waals surface area (Å²) >= 11 is 0. The minimum absolute atomic E-state index is 0.00236. The number of nitrogens with one attached hydrogen (secondary N) is 1. The Morgan fingerprint density at radius 3 is 2.07 bits per heavy atom. The number of benzene rings is 2. The van der Waals surface area contributed by atoms with E-state index in [4.69, 9.17) is 9.47 Å². The minimum atomic E-state index is -4.11. The van der Waals surface area contributed by atoms with Crippen molar-refractivity contribution in [2.24, 2.45) is 5.92 Å². The summed E-state index contributed by atoms with van der Waals surface area (Å²) in [6.45, 7) is 3.76. The van der Waals surface area contributed by atoms with Gasteiger partial charge in [0, 0.05) is 0 Å². The number of carbonyl (C=O) groups is 2. The first-order chi connectivity index (χ1) is 14.3. The molecule has 7 nitrogen and oxygen atoms in total. The highest BCUT2D eigenvalue weighted by molar-refractivity contribution is 7.92. The zero-order valence-electron chi connectivity index (χ0n) is 17.3. The Morgan fingerprint density at radius 2 is 1.53 bits per heavy atom. The summed E-state index contributed by atoms with van der Waals surface area (Å²) in [6.07, 6.45) is -0.562. The summed E-state index contributed by atoms with van der Waals surface area (Å²) in [5.74, 6) is -0.935. The maximum absolute atomic E-state index is 13.2. The molecule has 0 spiro atoms. The Hall–Kier alpha value is -2.87. The lowest BCUT2D eigenvalue weighted by atomic mass is 10.0. The van der Waals surface area contributed by atoms with Crippen LogP contribution in [0.15, 0.2) is 65.6 Å². The minimum Gasteiger partial charge on any atom is -0.468 e. The SMILES string of the molecule is COC(=O)C([C@H](CC(C)C)NC(=O)OCc1ccccc1)S(=O)(=O)c1ccccc1. The molecule has 0 radical (unpaired) electrons. The van der Waals surface area contributed by atoms with Gasteiger partial charge < -0.3 is 14.8 Å². The highest BCUT2D eigenvalue weighted by atomic mass is 32.2. The van der Waals surface area contributed by atoms with Crippen LogP contribution < -0.4 is 5.32 Å². The van der Waals surface area contributed by atoms with E-state index < -0.39 is 33.2 Å². The fourth-order valence-corrected chi connectivity index (χ4v) is 4.85. The van der Waals surface area contributed by atoms with Crippen LogP contribution in [-0.2, 0) is 30.7 Å². The maximum atomic E-state index is 13.2. The molecule has 1 N–H and O–H groups in total. The Balaban J connectivity index is 2.27. The largest absolute Gasteiger partial charge is 0.468 e. The van der Waals surface area contributed by atoms with Gasteiger partial charge in [0.05, 0.1) is 18.0 Å². The number of methoxy groups -OCH3 is 1. The molecule has 0 saturated heterocycles. The molecule has 0 aliphatic rings. The van der Waals surface area contributed by atoms with Gasteiger partial charge >= 0.3 is 12.1 Å². The number of ether oxygens (including phenoxy) is 2. The van der Waals surface area contributed by atoms with E-state index in [-0.39, 0.29) is 23.8 Å². The molecular formula is C22H27NO6S. The molecule has 0 aromatic heterocycles. The van der Waals surface area contributed by atoms with E-state index in [1.807, 2.05) is 32.0 Å². The van der Waals surface area contributed by atoms with Crippen LogP contribution in [0.4, 0.5) is 4.79 Å². The third kappa shape index (κ3) is 6.32. The second-order valence-corrected chi connectivity index (χ2v) is 9.31. The Kier molecular flexibility index (Phi) is 8.41. The van der Waals surface area contributed by atoms with E-state index in [0.717, 1.165) is 12.7 Å². The summed E-state index contributed by atoms with van der Waals surface area (Å²) in [5.41, 5.74) is 0.787. The average Bonchev–Trinajstić information content (AvgIpc) is 2.73. The lowest BCUT2D eigenvalue weighted by Gasteiger charge is -2.27. The Morgan fingerprint density at radius 1 is 0.967 bits per heavy atom. The molecule has 0 heterocycles. The van der Waals surface area contributed by atoms with Gasteiger partial charge in [-0.15, -0.1) is 0 Å². The van der Waals surface area contributed by atoms with E-state index >= 15 is 0 Å². The molecule has 8 heteroatoms. The predicted molar refractivity (Wildman–Crippen MR) is 112 cm³/mol. The van der Waals surface area contributed by atoms with Crippen molar-refractivity contribution in [3.8, 4) is 0 Å². The summed E-state index contributed by atoms with van der Waals surface area (Å²) in [7, 11) is -2.99. The lowest BCUT2D eigenvalue weighted by Crippen LogP contribution is -2.51. The van der Waals surface area contributed by atoms with Crippen molar-refractivity contribution in [3.63, 3.8) is 0 Å². The third-order valence-corrected chi connectivity index (χ3v) is 6.57. The van der Waals surface area contributed by atoms with Gasteiger partial charge in [-0.05, 0) is 30.0 Å². The molecule has 0 fully saturated rings. The second kappa shape index (κ2) is 10.8. The van der Waals surface area contributed by atoms with Crippen LogP contribution in [0.2, 0.25) is 0 Å². The van der Waals surface area contributed by atoms with Crippen LogP contribution in [0.25, 0.3) is 0 Å². The predicted octanol–water partition coefficient (Wildman–Crippen LogP) is 3.34. The van der Waals surface area contributed by atoms with Crippen molar-refractivity contribution < 1.29 is 27.5 Å². The summed E-state index contributed by atoms with van der Waals surface area (Å²) < 4.78 is 36.5. The van der Waals surface area contributed by atoms with Gasteiger partial charge in [0.2, 0.25) is 0 Å². The van der Waals surface area contributed by atoms with Crippen molar-refractivity contribution >= 4 is 21.9 Å². The van der Waals surface area contributed by atoms with E-state index in [1.54, 1.807) is 30.3 Å². The number of hydrogen-bond donors (Lipinski definition) is 1. The first-order valence-electron chi connectivity index (χ1n) is 9.59. The van der Waals surface area contributed by atoms with E-state index in [2.05, 4.69) is 5.32 Å². The third-order valence-electron chi connectivity index (χ3n) is 4.45. The molecular weight excluding hydrogens is 406 g/mol. The number of hydrogen-bond acceptors (Lipinski definition) is 6. The van der Waals surface area contributed by atoms with E-state index in [1.165, 1.54) is 12.1 Å². The highest BCUT2D eigenvalue weighted by Gasteiger charge is 2.42. The summed E-state index contributed by atoms with van der Waals surface area (Å²) in [5, 5.41) is 0.968. The first-order valence-corrected chi connectivity index (χ1v) is 11.1. The molecule has 162 valence electrons. The maximum Gasteiger partial charge on any atom is 0.407 e. The van der Waals surface area contributed by atoms with Gasteiger partial charge in [-0.3, -0.25) is 4.79 Å². The van der Waals surface area contributed by atoms with E-state index in [9.17, 15) is 18.0 Å². The number of esters is 1. The molecule has 0 saturated carbocycles. The lowest BCUT2D eigenvalue weighted by molar-refractivity contribution is -0.140. The number of sulfone groups is 1. The highest BCUT2D eigenvalue weighted by Crippen LogP contribution is 2.23. The van der Waals surface area contributed by atoms with Crippen molar-refractivity contribution in [1.29, 1.82) is 0 Å². The van der Waals surface area contributed by atoms with Crippen LogP contribution in [0.3, 0.4) is 0 Å². The average molecular weight is 434 g/mol. The van der Waals surface area contributed by atoms with Crippen LogP contribution in [0.5, 0.6) is 0 Å². The van der Waals surface area contributed by atoms with Gasteiger partial charge in [-0.25, -0.2) is 13.2 Å². The zero-order valence-corrected chi connectivity index (χ0v) is 18.1. The topological polar surface area (TPSA) is 98.8 Å².